The predicted molar refractivity (Wildman–Crippen MR) is 128 cm³/mol. The zero-order valence-electron chi connectivity index (χ0n) is 18.7. The van der Waals surface area contributed by atoms with E-state index >= 15 is 0 Å². The zero-order valence-corrected chi connectivity index (χ0v) is 19.6. The highest BCUT2D eigenvalue weighted by atomic mass is 31.2. The quantitative estimate of drug-likeness (QED) is 0.392. The fourth-order valence-corrected chi connectivity index (χ4v) is 5.20. The number of rotatable bonds is 10. The Morgan fingerprint density at radius 2 is 1.38 bits per heavy atom. The second kappa shape index (κ2) is 10.3. The molecule has 0 aliphatic rings. The van der Waals surface area contributed by atoms with Gasteiger partial charge in [0.1, 0.15) is 11.5 Å². The number of hydrogen-bond acceptors (Lipinski definition) is 3. The summed E-state index contributed by atoms with van der Waals surface area (Å²) in [6, 6.07) is 27.4. The van der Waals surface area contributed by atoms with E-state index in [0.29, 0.717) is 18.6 Å². The van der Waals surface area contributed by atoms with E-state index in [1.165, 1.54) is 4.67 Å². The van der Waals surface area contributed by atoms with E-state index in [0.717, 1.165) is 11.1 Å². The molecule has 0 aliphatic carbocycles. The molecule has 0 amide bonds. The topological polar surface area (TPSA) is 66.8 Å². The Balaban J connectivity index is 2.01. The van der Waals surface area contributed by atoms with Crippen molar-refractivity contribution in [3.05, 3.63) is 102 Å². The molecule has 0 saturated carbocycles. The first kappa shape index (κ1) is 23.9. The maximum atomic E-state index is 13.6. The van der Waals surface area contributed by atoms with E-state index in [-0.39, 0.29) is 5.78 Å². The highest BCUT2D eigenvalue weighted by Gasteiger charge is 2.44. The molecular weight excluding hydrogens is 421 g/mol. The molecule has 3 aromatic carbocycles. The van der Waals surface area contributed by atoms with Crippen LogP contribution in [0.5, 0.6) is 5.75 Å². The van der Waals surface area contributed by atoms with Gasteiger partial charge in [0.2, 0.25) is 0 Å². The lowest BCUT2D eigenvalue weighted by atomic mass is 9.67. The number of nitrogens with zero attached hydrogens (tertiary/aromatic N) is 1. The molecule has 2 atom stereocenters. The average Bonchev–Trinajstić information content (AvgIpc) is 2.83. The normalized spacial score (nSPS) is 14.5. The maximum absolute atomic E-state index is 13.6. The Labute approximate surface area is 190 Å². The fraction of sp³-hybridized carbons (Fsp3) is 0.269. The van der Waals surface area contributed by atoms with Gasteiger partial charge in [0, 0.05) is 12.5 Å². The van der Waals surface area contributed by atoms with Crippen LogP contribution in [-0.2, 0) is 14.8 Å². The number of hydrogen-bond donors (Lipinski definition) is 1. The summed E-state index contributed by atoms with van der Waals surface area (Å²) in [6.07, 6.45) is 0.671. The second-order valence-corrected chi connectivity index (χ2v) is 9.73. The molecule has 5 nitrogen and oxygen atoms in total. The van der Waals surface area contributed by atoms with E-state index in [1.54, 1.807) is 31.3 Å². The summed E-state index contributed by atoms with van der Waals surface area (Å²) in [6.45, 7) is 3.70. The molecule has 0 aromatic heterocycles. The summed E-state index contributed by atoms with van der Waals surface area (Å²) in [7, 11) is -2.59. The van der Waals surface area contributed by atoms with Crippen LogP contribution >= 0.6 is 7.75 Å². The monoisotopic (exact) mass is 451 g/mol. The maximum Gasteiger partial charge on any atom is 0.458 e. The number of benzene rings is 3. The third kappa shape index (κ3) is 5.02. The molecule has 168 valence electrons. The Bertz CT molecular complexity index is 1020. The van der Waals surface area contributed by atoms with Crippen molar-refractivity contribution in [1.29, 1.82) is 0 Å². The van der Waals surface area contributed by atoms with Crippen molar-refractivity contribution >= 4 is 13.5 Å². The molecule has 3 aromatic rings. The first-order chi connectivity index (χ1) is 15.3. The largest absolute Gasteiger partial charge is 0.458 e. The molecule has 2 unspecified atom stereocenters. The molecular formula is C26H30NO4P. The SMILES string of the molecule is CCC(=O)C(CC(C)N(C)P(=O)(O)Oc1ccccc1)(c1ccccc1)c1ccccc1. The van der Waals surface area contributed by atoms with E-state index in [4.69, 9.17) is 4.52 Å². The Morgan fingerprint density at radius 1 is 0.938 bits per heavy atom. The second-order valence-electron chi connectivity index (χ2n) is 7.94. The van der Waals surface area contributed by atoms with Crippen molar-refractivity contribution in [1.82, 2.24) is 4.67 Å². The van der Waals surface area contributed by atoms with Crippen molar-refractivity contribution < 1.29 is 18.8 Å². The highest BCUT2D eigenvalue weighted by molar-refractivity contribution is 7.50. The van der Waals surface area contributed by atoms with Crippen LogP contribution in [-0.4, -0.2) is 28.4 Å². The van der Waals surface area contributed by atoms with Crippen LogP contribution in [0.3, 0.4) is 0 Å². The summed E-state index contributed by atoms with van der Waals surface area (Å²) in [4.78, 5) is 24.3. The van der Waals surface area contributed by atoms with Gasteiger partial charge in [-0.2, -0.15) is 4.67 Å². The average molecular weight is 452 g/mol. The molecule has 0 bridgehead atoms. The van der Waals surface area contributed by atoms with Gasteiger partial charge < -0.3 is 9.42 Å². The molecule has 0 fully saturated rings. The lowest BCUT2D eigenvalue weighted by Gasteiger charge is -2.38. The van der Waals surface area contributed by atoms with Gasteiger partial charge in [0.15, 0.2) is 0 Å². The molecule has 0 spiro atoms. The minimum absolute atomic E-state index is 0.0619. The highest BCUT2D eigenvalue weighted by Crippen LogP contribution is 2.49. The molecule has 1 N–H and O–H groups in total. The lowest BCUT2D eigenvalue weighted by Crippen LogP contribution is -2.43. The zero-order chi connectivity index (χ0) is 23.2. The van der Waals surface area contributed by atoms with Gasteiger partial charge >= 0.3 is 7.75 Å². The molecule has 32 heavy (non-hydrogen) atoms. The lowest BCUT2D eigenvalue weighted by molar-refractivity contribution is -0.123. The number of ketones is 1. The van der Waals surface area contributed by atoms with E-state index in [1.807, 2.05) is 80.6 Å². The molecule has 0 radical (unpaired) electrons. The van der Waals surface area contributed by atoms with Gasteiger partial charge in [-0.15, -0.1) is 0 Å². The van der Waals surface area contributed by atoms with Crippen molar-refractivity contribution in [2.45, 2.75) is 38.1 Å². The van der Waals surface area contributed by atoms with Gasteiger partial charge in [-0.3, -0.25) is 4.79 Å². The first-order valence-corrected chi connectivity index (χ1v) is 12.3. The van der Waals surface area contributed by atoms with Crippen molar-refractivity contribution in [3.63, 3.8) is 0 Å². The molecule has 0 aliphatic heterocycles. The van der Waals surface area contributed by atoms with Gasteiger partial charge in [-0.1, -0.05) is 85.8 Å². The number of Topliss-reactive ketones (excluding diaryl/α,β-unsaturated/α-hetero) is 1. The van der Waals surface area contributed by atoms with E-state index in [2.05, 4.69) is 0 Å². The van der Waals surface area contributed by atoms with Crippen LogP contribution in [0, 0.1) is 0 Å². The Morgan fingerprint density at radius 3 is 1.81 bits per heavy atom. The minimum Gasteiger partial charge on any atom is -0.413 e. The standard InChI is InChI=1S/C26H30NO4P/c1-4-25(28)26(22-14-8-5-9-15-22,23-16-10-6-11-17-23)20-21(2)27(3)32(29,30)31-24-18-12-7-13-19-24/h5-19,21H,4,20H2,1-3H3,(H,29,30). The van der Waals surface area contributed by atoms with Gasteiger partial charge in [0.05, 0.1) is 5.41 Å². The summed E-state index contributed by atoms with van der Waals surface area (Å²) >= 11 is 0. The molecule has 0 heterocycles. The van der Waals surface area contributed by atoms with Crippen molar-refractivity contribution in [2.75, 3.05) is 7.05 Å². The van der Waals surface area contributed by atoms with E-state index < -0.39 is 19.2 Å². The number of carbonyl (C=O) groups is 1. The number of para-hydroxylation sites is 1. The Kier molecular flexibility index (Phi) is 7.68. The molecule has 6 heteroatoms. The van der Waals surface area contributed by atoms with Gasteiger partial charge in [0.25, 0.3) is 0 Å². The third-order valence-electron chi connectivity index (χ3n) is 5.94. The summed E-state index contributed by atoms with van der Waals surface area (Å²) in [5.41, 5.74) is 0.794. The van der Waals surface area contributed by atoms with Crippen LogP contribution in [0.4, 0.5) is 0 Å². The van der Waals surface area contributed by atoms with Crippen LogP contribution in [0.25, 0.3) is 0 Å². The third-order valence-corrected chi connectivity index (χ3v) is 7.58. The van der Waals surface area contributed by atoms with Crippen LogP contribution in [0.1, 0.15) is 37.8 Å². The summed E-state index contributed by atoms with van der Waals surface area (Å²) in [5, 5.41) is 0. The Hall–Kier alpha value is -2.72. The van der Waals surface area contributed by atoms with Gasteiger partial charge in [-0.05, 0) is 43.7 Å². The summed E-state index contributed by atoms with van der Waals surface area (Å²) in [5.74, 6) is 0.381. The first-order valence-electron chi connectivity index (χ1n) is 10.8. The fourth-order valence-electron chi connectivity index (χ4n) is 4.09. The number of carbonyl (C=O) groups excluding carboxylic acids is 1. The minimum atomic E-state index is -4.15. The molecule has 0 saturated heterocycles. The predicted octanol–water partition coefficient (Wildman–Crippen LogP) is 5.84. The summed E-state index contributed by atoms with van der Waals surface area (Å²) < 4.78 is 19.9. The molecule has 3 rings (SSSR count). The van der Waals surface area contributed by atoms with Crippen molar-refractivity contribution in [2.24, 2.45) is 0 Å². The van der Waals surface area contributed by atoms with E-state index in [9.17, 15) is 14.3 Å². The van der Waals surface area contributed by atoms with Crippen LogP contribution in [0.15, 0.2) is 91.0 Å². The van der Waals surface area contributed by atoms with Crippen molar-refractivity contribution in [3.8, 4) is 5.75 Å². The van der Waals surface area contributed by atoms with Gasteiger partial charge in [-0.25, -0.2) is 4.57 Å². The smallest absolute Gasteiger partial charge is 0.413 e. The van der Waals surface area contributed by atoms with Crippen LogP contribution in [0.2, 0.25) is 0 Å². The van der Waals surface area contributed by atoms with Crippen LogP contribution < -0.4 is 4.52 Å².